The quantitative estimate of drug-likeness (QED) is 0.846. The Morgan fingerprint density at radius 3 is 2.93 bits per heavy atom. The molecule has 5 heteroatoms. The molecule has 1 heterocycles. The number of nitrogens with zero attached hydrogens (tertiary/aromatic N) is 2. The van der Waals surface area contributed by atoms with Crippen LogP contribution < -0.4 is 0 Å². The zero-order valence-corrected chi connectivity index (χ0v) is 9.40. The molecule has 0 saturated heterocycles. The molecule has 1 unspecified atom stereocenters. The minimum Gasteiger partial charge on any atom is -0.392 e. The van der Waals surface area contributed by atoms with Crippen LogP contribution in [-0.4, -0.2) is 40.6 Å². The van der Waals surface area contributed by atoms with Crippen LogP contribution in [0.2, 0.25) is 5.02 Å². The number of rotatable bonds is 3. The first-order valence-electron chi connectivity index (χ1n) is 4.56. The molecule has 1 rings (SSSR count). The molecule has 1 atom stereocenters. The number of hydrogen-bond acceptors (Lipinski definition) is 3. The number of aliphatic hydroxyl groups is 1. The van der Waals surface area contributed by atoms with Gasteiger partial charge in [0.2, 0.25) is 0 Å². The van der Waals surface area contributed by atoms with E-state index < -0.39 is 6.10 Å². The maximum absolute atomic E-state index is 11.7. The highest BCUT2D eigenvalue weighted by atomic mass is 35.5. The third kappa shape index (κ3) is 3.49. The van der Waals surface area contributed by atoms with E-state index in [2.05, 4.69) is 4.98 Å². The topological polar surface area (TPSA) is 53.4 Å². The Morgan fingerprint density at radius 1 is 1.73 bits per heavy atom. The summed E-state index contributed by atoms with van der Waals surface area (Å²) >= 11 is 5.74. The predicted molar refractivity (Wildman–Crippen MR) is 57.9 cm³/mol. The standard InChI is InChI=1S/C10H13ClN2O2/c1-7(14)6-13(2)10(15)9-5-8(11)3-4-12-9/h3-5,7,14H,6H2,1-2H3. The van der Waals surface area contributed by atoms with E-state index in [1.165, 1.54) is 17.2 Å². The van der Waals surface area contributed by atoms with E-state index in [1.807, 2.05) is 0 Å². The van der Waals surface area contributed by atoms with Gasteiger partial charge in [-0.3, -0.25) is 9.78 Å². The number of pyridine rings is 1. The third-order valence-electron chi connectivity index (χ3n) is 1.83. The highest BCUT2D eigenvalue weighted by Gasteiger charge is 2.14. The molecule has 0 spiro atoms. The lowest BCUT2D eigenvalue weighted by atomic mass is 10.3. The maximum Gasteiger partial charge on any atom is 0.272 e. The normalized spacial score (nSPS) is 12.3. The van der Waals surface area contributed by atoms with Crippen molar-refractivity contribution >= 4 is 17.5 Å². The van der Waals surface area contributed by atoms with E-state index >= 15 is 0 Å². The van der Waals surface area contributed by atoms with Crippen molar-refractivity contribution in [3.05, 3.63) is 29.0 Å². The molecule has 1 amide bonds. The Labute approximate surface area is 93.5 Å². The smallest absolute Gasteiger partial charge is 0.272 e. The number of carbonyl (C=O) groups is 1. The lowest BCUT2D eigenvalue weighted by Crippen LogP contribution is -2.33. The molecule has 0 aliphatic rings. The molecule has 1 aromatic heterocycles. The minimum atomic E-state index is -0.557. The van der Waals surface area contributed by atoms with Crippen LogP contribution in [0.15, 0.2) is 18.3 Å². The summed E-state index contributed by atoms with van der Waals surface area (Å²) in [5.41, 5.74) is 0.283. The van der Waals surface area contributed by atoms with Gasteiger partial charge in [0.25, 0.3) is 5.91 Å². The second-order valence-corrected chi connectivity index (χ2v) is 3.83. The van der Waals surface area contributed by atoms with Crippen molar-refractivity contribution < 1.29 is 9.90 Å². The van der Waals surface area contributed by atoms with Crippen LogP contribution in [0.3, 0.4) is 0 Å². The van der Waals surface area contributed by atoms with Gasteiger partial charge in [0.15, 0.2) is 0 Å². The molecule has 0 fully saturated rings. The Bertz CT molecular complexity index is 355. The fourth-order valence-electron chi connectivity index (χ4n) is 1.20. The molecular formula is C10H13ClN2O2. The summed E-state index contributed by atoms with van der Waals surface area (Å²) in [6.45, 7) is 1.89. The zero-order chi connectivity index (χ0) is 11.4. The number of aliphatic hydroxyl groups excluding tert-OH is 1. The first-order valence-corrected chi connectivity index (χ1v) is 4.93. The Kier molecular flexibility index (Phi) is 4.05. The van der Waals surface area contributed by atoms with Gasteiger partial charge < -0.3 is 10.0 Å². The van der Waals surface area contributed by atoms with E-state index in [0.717, 1.165) is 0 Å². The molecule has 0 aromatic carbocycles. The van der Waals surface area contributed by atoms with Gasteiger partial charge >= 0.3 is 0 Å². The van der Waals surface area contributed by atoms with Gasteiger partial charge in [0.05, 0.1) is 6.10 Å². The number of hydrogen-bond donors (Lipinski definition) is 1. The SMILES string of the molecule is CC(O)CN(C)C(=O)c1cc(Cl)ccn1. The molecule has 1 N–H and O–H groups in total. The van der Waals surface area contributed by atoms with Gasteiger partial charge in [0, 0.05) is 24.8 Å². The van der Waals surface area contributed by atoms with Crippen LogP contribution in [0.5, 0.6) is 0 Å². The fourth-order valence-corrected chi connectivity index (χ4v) is 1.36. The van der Waals surface area contributed by atoms with Gasteiger partial charge in [0.1, 0.15) is 5.69 Å². The molecule has 15 heavy (non-hydrogen) atoms. The van der Waals surface area contributed by atoms with Gasteiger partial charge in [-0.05, 0) is 19.1 Å². The fraction of sp³-hybridized carbons (Fsp3) is 0.400. The zero-order valence-electron chi connectivity index (χ0n) is 8.64. The van der Waals surface area contributed by atoms with Crippen LogP contribution in [-0.2, 0) is 0 Å². The third-order valence-corrected chi connectivity index (χ3v) is 2.06. The number of aromatic nitrogens is 1. The lowest BCUT2D eigenvalue weighted by molar-refractivity contribution is 0.0698. The van der Waals surface area contributed by atoms with Crippen molar-refractivity contribution in [2.75, 3.05) is 13.6 Å². The van der Waals surface area contributed by atoms with Crippen molar-refractivity contribution in [2.45, 2.75) is 13.0 Å². The first-order chi connectivity index (χ1) is 7.00. The average Bonchev–Trinajstić information content (AvgIpc) is 2.15. The van der Waals surface area contributed by atoms with Crippen LogP contribution in [0.1, 0.15) is 17.4 Å². The lowest BCUT2D eigenvalue weighted by Gasteiger charge is -2.18. The molecule has 0 aliphatic heterocycles. The van der Waals surface area contributed by atoms with E-state index in [4.69, 9.17) is 16.7 Å². The van der Waals surface area contributed by atoms with E-state index in [9.17, 15) is 4.79 Å². The second-order valence-electron chi connectivity index (χ2n) is 3.39. The van der Waals surface area contributed by atoms with Crippen molar-refractivity contribution in [1.82, 2.24) is 9.88 Å². The Morgan fingerprint density at radius 2 is 2.40 bits per heavy atom. The maximum atomic E-state index is 11.7. The number of amides is 1. The molecule has 82 valence electrons. The second kappa shape index (κ2) is 5.09. The summed E-state index contributed by atoms with van der Waals surface area (Å²) in [5.74, 6) is -0.251. The largest absolute Gasteiger partial charge is 0.392 e. The number of likely N-dealkylation sites (N-methyl/N-ethyl adjacent to an activating group) is 1. The van der Waals surface area contributed by atoms with Crippen LogP contribution in [0, 0.1) is 0 Å². The highest BCUT2D eigenvalue weighted by Crippen LogP contribution is 2.09. The van der Waals surface area contributed by atoms with Gasteiger partial charge in [-0.1, -0.05) is 11.6 Å². The summed E-state index contributed by atoms with van der Waals surface area (Å²) in [6.07, 6.45) is 0.921. The van der Waals surface area contributed by atoms with Crippen LogP contribution >= 0.6 is 11.6 Å². The number of carbonyl (C=O) groups excluding carboxylic acids is 1. The van der Waals surface area contributed by atoms with E-state index in [0.29, 0.717) is 5.02 Å². The molecule has 4 nitrogen and oxygen atoms in total. The monoisotopic (exact) mass is 228 g/mol. The molecule has 0 bridgehead atoms. The van der Waals surface area contributed by atoms with Gasteiger partial charge in [-0.2, -0.15) is 0 Å². The Hall–Kier alpha value is -1.13. The van der Waals surface area contributed by atoms with Gasteiger partial charge in [-0.15, -0.1) is 0 Å². The van der Waals surface area contributed by atoms with E-state index in [-0.39, 0.29) is 18.1 Å². The summed E-state index contributed by atoms with van der Waals surface area (Å²) in [6, 6.07) is 3.11. The minimum absolute atomic E-state index is 0.251. The van der Waals surface area contributed by atoms with E-state index in [1.54, 1.807) is 20.0 Å². The number of halogens is 1. The molecular weight excluding hydrogens is 216 g/mol. The van der Waals surface area contributed by atoms with Crippen LogP contribution in [0.25, 0.3) is 0 Å². The molecule has 0 aliphatic carbocycles. The predicted octanol–water partition coefficient (Wildman–Crippen LogP) is 1.19. The van der Waals surface area contributed by atoms with Crippen molar-refractivity contribution in [3.8, 4) is 0 Å². The Balaban J connectivity index is 2.76. The summed E-state index contributed by atoms with van der Waals surface area (Å²) in [7, 11) is 1.61. The van der Waals surface area contributed by atoms with Crippen molar-refractivity contribution in [2.24, 2.45) is 0 Å². The van der Waals surface area contributed by atoms with Crippen molar-refractivity contribution in [3.63, 3.8) is 0 Å². The summed E-state index contributed by atoms with van der Waals surface area (Å²) < 4.78 is 0. The highest BCUT2D eigenvalue weighted by molar-refractivity contribution is 6.30. The first kappa shape index (κ1) is 11.9. The average molecular weight is 229 g/mol. The van der Waals surface area contributed by atoms with Gasteiger partial charge in [-0.25, -0.2) is 0 Å². The summed E-state index contributed by atoms with van der Waals surface area (Å²) in [4.78, 5) is 17.0. The molecule has 0 radical (unpaired) electrons. The van der Waals surface area contributed by atoms with Crippen molar-refractivity contribution in [1.29, 1.82) is 0 Å². The molecule has 0 saturated carbocycles. The van der Waals surface area contributed by atoms with Crippen LogP contribution in [0.4, 0.5) is 0 Å². The summed E-state index contributed by atoms with van der Waals surface area (Å²) in [5, 5.41) is 9.60. The molecule has 1 aromatic rings.